The van der Waals surface area contributed by atoms with Crippen molar-refractivity contribution < 1.29 is 9.53 Å². The molecule has 0 spiro atoms. The molecule has 164 valence electrons. The predicted octanol–water partition coefficient (Wildman–Crippen LogP) is 6.49. The summed E-state index contributed by atoms with van der Waals surface area (Å²) in [5.41, 5.74) is 4.05. The number of fused-ring (bicyclic) bond motifs is 1. The number of aryl methyl sites for hydroxylation is 1. The number of nitrogens with zero attached hydrogens (tertiary/aromatic N) is 3. The van der Waals surface area contributed by atoms with Gasteiger partial charge in [0.05, 0.1) is 11.1 Å². The number of ketones is 1. The van der Waals surface area contributed by atoms with Gasteiger partial charge in [-0.25, -0.2) is 9.97 Å². The minimum atomic E-state index is -0.696. The van der Waals surface area contributed by atoms with E-state index in [1.165, 1.54) is 0 Å². The molecule has 0 fully saturated rings. The fourth-order valence-electron chi connectivity index (χ4n) is 3.91. The van der Waals surface area contributed by atoms with E-state index >= 15 is 0 Å². The number of ether oxygens (including phenoxy) is 1. The van der Waals surface area contributed by atoms with Crippen LogP contribution in [0.25, 0.3) is 27.8 Å². The maximum absolute atomic E-state index is 12.8. The summed E-state index contributed by atoms with van der Waals surface area (Å²) in [6.45, 7) is 9.45. The number of aromatic nitrogens is 3. The molecule has 6 heteroatoms. The number of rotatable bonds is 5. The second-order valence-corrected chi connectivity index (χ2v) is 9.35. The fourth-order valence-corrected chi connectivity index (χ4v) is 4.04. The molecular formula is C26H26ClN3O2. The van der Waals surface area contributed by atoms with Crippen LogP contribution >= 0.6 is 11.6 Å². The molecule has 4 rings (SSSR count). The zero-order valence-electron chi connectivity index (χ0n) is 18.9. The van der Waals surface area contributed by atoms with E-state index < -0.39 is 11.7 Å². The lowest BCUT2D eigenvalue weighted by molar-refractivity contribution is -0.138. The number of halogens is 1. The lowest BCUT2D eigenvalue weighted by atomic mass is 9.87. The highest BCUT2D eigenvalue weighted by atomic mass is 35.5. The van der Waals surface area contributed by atoms with Gasteiger partial charge >= 0.3 is 0 Å². The lowest BCUT2D eigenvalue weighted by Crippen LogP contribution is -2.27. The molecule has 0 bridgehead atoms. The first kappa shape index (κ1) is 22.2. The molecule has 0 saturated heterocycles. The second-order valence-electron chi connectivity index (χ2n) is 8.92. The zero-order valence-corrected chi connectivity index (χ0v) is 19.6. The summed E-state index contributed by atoms with van der Waals surface area (Å²) in [6, 6.07) is 13.7. The van der Waals surface area contributed by atoms with Crippen LogP contribution in [0.4, 0.5) is 0 Å². The molecule has 0 aliphatic carbocycles. The van der Waals surface area contributed by atoms with Crippen LogP contribution in [0.5, 0.6) is 0 Å². The average molecular weight is 448 g/mol. The molecule has 2 aromatic carbocycles. The van der Waals surface area contributed by atoms with Gasteiger partial charge < -0.3 is 4.74 Å². The van der Waals surface area contributed by atoms with Crippen molar-refractivity contribution in [2.45, 2.75) is 46.3 Å². The Morgan fingerprint density at radius 1 is 1.12 bits per heavy atom. The summed E-state index contributed by atoms with van der Waals surface area (Å²) in [6.07, 6.45) is 4.61. The van der Waals surface area contributed by atoms with Crippen molar-refractivity contribution in [3.63, 3.8) is 0 Å². The van der Waals surface area contributed by atoms with Crippen LogP contribution in [-0.2, 0) is 9.53 Å². The highest BCUT2D eigenvalue weighted by Crippen LogP contribution is 2.40. The molecule has 0 unspecified atom stereocenters. The van der Waals surface area contributed by atoms with Gasteiger partial charge in [-0.3, -0.25) is 9.36 Å². The first-order valence-corrected chi connectivity index (χ1v) is 10.9. The Hall–Kier alpha value is -3.02. The number of hydrogen-bond acceptors (Lipinski definition) is 4. The normalized spacial score (nSPS) is 12.8. The number of carbonyl (C=O) groups is 1. The molecule has 0 aliphatic heterocycles. The molecule has 1 atom stereocenters. The van der Waals surface area contributed by atoms with E-state index in [2.05, 4.69) is 4.98 Å². The van der Waals surface area contributed by atoms with Crippen LogP contribution in [0.3, 0.4) is 0 Å². The molecule has 2 heterocycles. The van der Waals surface area contributed by atoms with Crippen LogP contribution in [0.2, 0.25) is 5.02 Å². The molecule has 0 radical (unpaired) electrons. The number of Topliss-reactive ketones (excluding diaryl/α,β-unsaturated/α-hetero) is 1. The van der Waals surface area contributed by atoms with Crippen molar-refractivity contribution in [1.29, 1.82) is 0 Å². The van der Waals surface area contributed by atoms with Crippen molar-refractivity contribution >= 4 is 28.3 Å². The van der Waals surface area contributed by atoms with Gasteiger partial charge in [0.2, 0.25) is 0 Å². The number of hydrogen-bond donors (Lipinski definition) is 0. The first-order chi connectivity index (χ1) is 15.1. The van der Waals surface area contributed by atoms with Crippen molar-refractivity contribution in [3.05, 3.63) is 77.3 Å². The second kappa shape index (κ2) is 8.49. The Bertz CT molecular complexity index is 1270. The highest BCUT2D eigenvalue weighted by Gasteiger charge is 2.29. The molecule has 0 N–H and O–H groups in total. The third-order valence-corrected chi connectivity index (χ3v) is 5.48. The monoisotopic (exact) mass is 447 g/mol. The average Bonchev–Trinajstić information content (AvgIpc) is 3.26. The molecule has 0 saturated carbocycles. The predicted molar refractivity (Wildman–Crippen MR) is 128 cm³/mol. The topological polar surface area (TPSA) is 57.0 Å². The zero-order chi connectivity index (χ0) is 23.0. The smallest absolute Gasteiger partial charge is 0.163 e. The Kier molecular flexibility index (Phi) is 5.89. The summed E-state index contributed by atoms with van der Waals surface area (Å²) in [5.74, 6) is 0.735. The Morgan fingerprint density at radius 2 is 1.84 bits per heavy atom. The first-order valence-electron chi connectivity index (χ1n) is 10.5. The Balaban J connectivity index is 2.03. The lowest BCUT2D eigenvalue weighted by Gasteiger charge is -2.29. The number of imidazole rings is 1. The standard InChI is InChI=1S/C26H26ClN3O2/c1-16-14-21-20(10-11-22(29-21)30-13-12-28-15-30)24(18-6-8-19(27)9-7-18)23(16)25(17(2)31)32-26(3,4)5/h6-15,25H,1-5H3/t25-/m1/s1. The van der Waals surface area contributed by atoms with Crippen molar-refractivity contribution in [3.8, 4) is 16.9 Å². The van der Waals surface area contributed by atoms with Crippen LogP contribution in [-0.4, -0.2) is 25.9 Å². The van der Waals surface area contributed by atoms with Gasteiger partial charge in [0.15, 0.2) is 5.78 Å². The minimum Gasteiger partial charge on any atom is -0.360 e. The molecule has 5 nitrogen and oxygen atoms in total. The Morgan fingerprint density at radius 3 is 2.44 bits per heavy atom. The third kappa shape index (κ3) is 4.45. The molecule has 0 aliphatic rings. The Labute approximate surface area is 193 Å². The maximum Gasteiger partial charge on any atom is 0.163 e. The highest BCUT2D eigenvalue weighted by molar-refractivity contribution is 6.30. The van der Waals surface area contributed by atoms with Crippen molar-refractivity contribution in [2.24, 2.45) is 0 Å². The van der Waals surface area contributed by atoms with E-state index in [-0.39, 0.29) is 5.78 Å². The van der Waals surface area contributed by atoms with Crippen LogP contribution in [0.15, 0.2) is 61.2 Å². The van der Waals surface area contributed by atoms with Crippen LogP contribution < -0.4 is 0 Å². The van der Waals surface area contributed by atoms with Crippen LogP contribution in [0.1, 0.15) is 44.9 Å². The van der Waals surface area contributed by atoms with E-state index in [9.17, 15) is 4.79 Å². The van der Waals surface area contributed by atoms with Gasteiger partial charge in [-0.15, -0.1) is 0 Å². The van der Waals surface area contributed by atoms with E-state index in [1.807, 2.05) is 80.9 Å². The summed E-state index contributed by atoms with van der Waals surface area (Å²) in [7, 11) is 0. The molecule has 0 amide bonds. The van der Waals surface area contributed by atoms with E-state index in [0.29, 0.717) is 5.02 Å². The van der Waals surface area contributed by atoms with Gasteiger partial charge in [-0.2, -0.15) is 0 Å². The number of carbonyl (C=O) groups excluding carboxylic acids is 1. The summed E-state index contributed by atoms with van der Waals surface area (Å²) >= 11 is 6.17. The van der Waals surface area contributed by atoms with Gasteiger partial charge in [-0.05, 0) is 87.2 Å². The maximum atomic E-state index is 12.8. The number of benzene rings is 2. The van der Waals surface area contributed by atoms with Gasteiger partial charge in [-0.1, -0.05) is 23.7 Å². The van der Waals surface area contributed by atoms with Crippen LogP contribution in [0, 0.1) is 6.92 Å². The van der Waals surface area contributed by atoms with Crippen molar-refractivity contribution in [2.75, 3.05) is 0 Å². The van der Waals surface area contributed by atoms with E-state index in [4.69, 9.17) is 21.3 Å². The third-order valence-electron chi connectivity index (χ3n) is 5.23. The molecule has 32 heavy (non-hydrogen) atoms. The minimum absolute atomic E-state index is 0.0411. The van der Waals surface area contributed by atoms with E-state index in [0.717, 1.165) is 39.0 Å². The summed E-state index contributed by atoms with van der Waals surface area (Å²) in [5, 5.41) is 1.60. The summed E-state index contributed by atoms with van der Waals surface area (Å²) < 4.78 is 8.14. The van der Waals surface area contributed by atoms with Crippen molar-refractivity contribution in [1.82, 2.24) is 14.5 Å². The molecule has 4 aromatic rings. The quantitative estimate of drug-likeness (QED) is 0.350. The largest absolute Gasteiger partial charge is 0.360 e. The summed E-state index contributed by atoms with van der Waals surface area (Å²) in [4.78, 5) is 21.8. The SMILES string of the molecule is CC(=O)[C@@H](OC(C)(C)C)c1c(C)cc2nc(-n3ccnc3)ccc2c1-c1ccc(Cl)cc1. The van der Waals surface area contributed by atoms with Gasteiger partial charge in [0.1, 0.15) is 18.2 Å². The van der Waals surface area contributed by atoms with Gasteiger partial charge in [0, 0.05) is 22.8 Å². The van der Waals surface area contributed by atoms with E-state index in [1.54, 1.807) is 19.4 Å². The molecular weight excluding hydrogens is 422 g/mol. The fraction of sp³-hybridized carbons (Fsp3) is 0.269. The number of pyridine rings is 1. The van der Waals surface area contributed by atoms with Gasteiger partial charge in [0.25, 0.3) is 0 Å². The molecule has 2 aromatic heterocycles.